The lowest BCUT2D eigenvalue weighted by Gasteiger charge is -2.28. The van der Waals surface area contributed by atoms with E-state index in [9.17, 15) is 0 Å². The summed E-state index contributed by atoms with van der Waals surface area (Å²) in [7, 11) is 0. The molecule has 4 heteroatoms. The minimum atomic E-state index is 0.526. The lowest BCUT2D eigenvalue weighted by atomic mass is 10.1. The molecule has 1 aromatic rings. The predicted octanol–water partition coefficient (Wildman–Crippen LogP) is 1.86. The third kappa shape index (κ3) is 2.21. The van der Waals surface area contributed by atoms with Crippen LogP contribution in [0.1, 0.15) is 32.3 Å². The summed E-state index contributed by atoms with van der Waals surface area (Å²) in [6.45, 7) is 11.1. The molecule has 2 heterocycles. The summed E-state index contributed by atoms with van der Waals surface area (Å²) in [4.78, 5) is 2.34. The van der Waals surface area contributed by atoms with E-state index in [1.807, 2.05) is 4.68 Å². The molecule has 0 atom stereocenters. The highest BCUT2D eigenvalue weighted by molar-refractivity contribution is 5.48. The Labute approximate surface area is 97.2 Å². The molecule has 1 aliphatic rings. The van der Waals surface area contributed by atoms with Crippen molar-refractivity contribution in [2.45, 2.75) is 33.2 Å². The molecule has 0 aliphatic carbocycles. The second-order valence-corrected chi connectivity index (χ2v) is 4.52. The number of anilines is 1. The van der Waals surface area contributed by atoms with E-state index in [4.69, 9.17) is 4.74 Å². The summed E-state index contributed by atoms with van der Waals surface area (Å²) >= 11 is 0. The van der Waals surface area contributed by atoms with Crippen LogP contribution in [-0.4, -0.2) is 36.1 Å². The number of hydrogen-bond acceptors (Lipinski definition) is 3. The van der Waals surface area contributed by atoms with Crippen molar-refractivity contribution >= 4 is 5.82 Å². The van der Waals surface area contributed by atoms with Crippen LogP contribution in [0.15, 0.2) is 6.20 Å². The minimum absolute atomic E-state index is 0.526. The minimum Gasteiger partial charge on any atom is -0.378 e. The number of aromatic nitrogens is 2. The van der Waals surface area contributed by atoms with Crippen molar-refractivity contribution in [3.63, 3.8) is 0 Å². The highest BCUT2D eigenvalue weighted by Crippen LogP contribution is 2.26. The molecule has 2 rings (SSSR count). The Morgan fingerprint density at radius 1 is 1.38 bits per heavy atom. The smallest absolute Gasteiger partial charge is 0.154 e. The van der Waals surface area contributed by atoms with Gasteiger partial charge in [-0.15, -0.1) is 0 Å². The van der Waals surface area contributed by atoms with Gasteiger partial charge in [-0.1, -0.05) is 13.8 Å². The van der Waals surface area contributed by atoms with Gasteiger partial charge in [0.2, 0.25) is 0 Å². The number of morpholine rings is 1. The number of rotatable bonds is 3. The average molecular weight is 223 g/mol. The van der Waals surface area contributed by atoms with E-state index in [2.05, 4.69) is 37.0 Å². The van der Waals surface area contributed by atoms with Gasteiger partial charge in [-0.2, -0.15) is 5.10 Å². The monoisotopic (exact) mass is 223 g/mol. The largest absolute Gasteiger partial charge is 0.378 e. The van der Waals surface area contributed by atoms with Crippen LogP contribution in [0.3, 0.4) is 0 Å². The molecule has 0 aromatic carbocycles. The van der Waals surface area contributed by atoms with E-state index in [1.165, 1.54) is 5.56 Å². The first-order chi connectivity index (χ1) is 7.72. The molecule has 1 aromatic heterocycles. The van der Waals surface area contributed by atoms with Crippen molar-refractivity contribution in [1.29, 1.82) is 0 Å². The van der Waals surface area contributed by atoms with Crippen molar-refractivity contribution in [2.75, 3.05) is 31.2 Å². The Morgan fingerprint density at radius 3 is 2.62 bits per heavy atom. The highest BCUT2D eigenvalue weighted by atomic mass is 16.5. The summed E-state index contributed by atoms with van der Waals surface area (Å²) in [5.74, 6) is 1.68. The first-order valence-electron chi connectivity index (χ1n) is 6.12. The van der Waals surface area contributed by atoms with Gasteiger partial charge in [0.05, 0.1) is 13.2 Å². The third-order valence-electron chi connectivity index (χ3n) is 3.03. The predicted molar refractivity (Wildman–Crippen MR) is 65.0 cm³/mol. The fraction of sp³-hybridized carbons (Fsp3) is 0.750. The zero-order chi connectivity index (χ0) is 11.5. The number of hydrogen-bond donors (Lipinski definition) is 0. The van der Waals surface area contributed by atoms with Crippen LogP contribution in [0, 0.1) is 0 Å². The van der Waals surface area contributed by atoms with Crippen LogP contribution >= 0.6 is 0 Å². The molecule has 0 N–H and O–H groups in total. The Bertz CT molecular complexity index is 340. The molecule has 1 saturated heterocycles. The van der Waals surface area contributed by atoms with Crippen molar-refractivity contribution in [3.05, 3.63) is 11.8 Å². The first-order valence-corrected chi connectivity index (χ1v) is 6.12. The van der Waals surface area contributed by atoms with E-state index in [1.54, 1.807) is 0 Å². The van der Waals surface area contributed by atoms with E-state index in [-0.39, 0.29) is 0 Å². The first kappa shape index (κ1) is 11.5. The van der Waals surface area contributed by atoms with Crippen LogP contribution < -0.4 is 4.90 Å². The van der Waals surface area contributed by atoms with Crippen LogP contribution in [0.25, 0.3) is 0 Å². The standard InChI is InChI=1S/C12H21N3O/c1-4-15-9-11(10(2)3)12(13-15)14-5-7-16-8-6-14/h9-10H,4-8H2,1-3H3. The maximum absolute atomic E-state index is 5.38. The molecule has 0 unspecified atom stereocenters. The topological polar surface area (TPSA) is 30.3 Å². The zero-order valence-electron chi connectivity index (χ0n) is 10.4. The van der Waals surface area contributed by atoms with E-state index >= 15 is 0 Å². The van der Waals surface area contributed by atoms with Gasteiger partial charge < -0.3 is 9.64 Å². The van der Waals surface area contributed by atoms with Crippen LogP contribution in [-0.2, 0) is 11.3 Å². The maximum Gasteiger partial charge on any atom is 0.154 e. The molecule has 0 saturated carbocycles. The molecule has 0 amide bonds. The third-order valence-corrected chi connectivity index (χ3v) is 3.03. The summed E-state index contributed by atoms with van der Waals surface area (Å²) in [6, 6.07) is 0. The van der Waals surface area contributed by atoms with Gasteiger partial charge in [0.1, 0.15) is 0 Å². The zero-order valence-corrected chi connectivity index (χ0v) is 10.4. The van der Waals surface area contributed by atoms with E-state index in [0.717, 1.165) is 38.7 Å². The van der Waals surface area contributed by atoms with Crippen molar-refractivity contribution in [1.82, 2.24) is 9.78 Å². The maximum atomic E-state index is 5.38. The molecule has 1 aliphatic heterocycles. The van der Waals surface area contributed by atoms with Gasteiger partial charge in [0.25, 0.3) is 0 Å². The average Bonchev–Trinajstić information content (AvgIpc) is 2.74. The summed E-state index contributed by atoms with van der Waals surface area (Å²) < 4.78 is 7.41. The normalized spacial score (nSPS) is 17.1. The van der Waals surface area contributed by atoms with Crippen LogP contribution in [0.2, 0.25) is 0 Å². The quantitative estimate of drug-likeness (QED) is 0.783. The van der Waals surface area contributed by atoms with Gasteiger partial charge in [-0.25, -0.2) is 0 Å². The molecule has 4 nitrogen and oxygen atoms in total. The molecule has 16 heavy (non-hydrogen) atoms. The second-order valence-electron chi connectivity index (χ2n) is 4.52. The van der Waals surface area contributed by atoms with Gasteiger partial charge >= 0.3 is 0 Å². The van der Waals surface area contributed by atoms with E-state index < -0.39 is 0 Å². The van der Waals surface area contributed by atoms with Gasteiger partial charge in [-0.05, 0) is 12.8 Å². The Kier molecular flexibility index (Phi) is 3.49. The van der Waals surface area contributed by atoms with Crippen molar-refractivity contribution in [3.8, 4) is 0 Å². The molecule has 0 spiro atoms. The summed E-state index contributed by atoms with van der Waals surface area (Å²) in [5.41, 5.74) is 1.35. The second kappa shape index (κ2) is 4.87. The molecule has 1 fully saturated rings. The molecule has 0 radical (unpaired) electrons. The van der Waals surface area contributed by atoms with Crippen LogP contribution in [0.4, 0.5) is 5.82 Å². The lowest BCUT2D eigenvalue weighted by molar-refractivity contribution is 0.122. The van der Waals surface area contributed by atoms with Gasteiger partial charge in [0, 0.05) is 31.4 Å². The Morgan fingerprint density at radius 2 is 2.06 bits per heavy atom. The van der Waals surface area contributed by atoms with E-state index in [0.29, 0.717) is 5.92 Å². The van der Waals surface area contributed by atoms with Crippen LogP contribution in [0.5, 0.6) is 0 Å². The number of ether oxygens (including phenoxy) is 1. The Balaban J connectivity index is 2.26. The lowest BCUT2D eigenvalue weighted by Crippen LogP contribution is -2.37. The highest BCUT2D eigenvalue weighted by Gasteiger charge is 2.19. The summed E-state index contributed by atoms with van der Waals surface area (Å²) in [6.07, 6.45) is 2.18. The van der Waals surface area contributed by atoms with Crippen molar-refractivity contribution < 1.29 is 4.74 Å². The van der Waals surface area contributed by atoms with Gasteiger partial charge in [-0.3, -0.25) is 4.68 Å². The molecular formula is C12H21N3O. The number of aryl methyl sites for hydroxylation is 1. The fourth-order valence-corrected chi connectivity index (χ4v) is 2.02. The fourth-order valence-electron chi connectivity index (χ4n) is 2.02. The van der Waals surface area contributed by atoms with Crippen molar-refractivity contribution in [2.24, 2.45) is 0 Å². The molecular weight excluding hydrogens is 202 g/mol. The summed E-state index contributed by atoms with van der Waals surface area (Å²) in [5, 5.41) is 4.66. The number of nitrogens with zero attached hydrogens (tertiary/aromatic N) is 3. The van der Waals surface area contributed by atoms with Gasteiger partial charge in [0.15, 0.2) is 5.82 Å². The SMILES string of the molecule is CCn1cc(C(C)C)c(N2CCOCC2)n1. The molecule has 0 bridgehead atoms. The molecule has 90 valence electrons. The Hall–Kier alpha value is -1.03.